The van der Waals surface area contributed by atoms with Gasteiger partial charge in [0, 0.05) is 6.20 Å². The summed E-state index contributed by atoms with van der Waals surface area (Å²) in [7, 11) is 0. The van der Waals surface area contributed by atoms with E-state index in [1.807, 2.05) is 0 Å². The van der Waals surface area contributed by atoms with Gasteiger partial charge in [0.15, 0.2) is 0 Å². The van der Waals surface area contributed by atoms with Crippen LogP contribution >= 0.6 is 23.2 Å². The van der Waals surface area contributed by atoms with Crippen molar-refractivity contribution in [2.24, 2.45) is 0 Å². The Morgan fingerprint density at radius 3 is 2.70 bits per heavy atom. The smallest absolute Gasteiger partial charge is 0.354 e. The first-order valence-corrected chi connectivity index (χ1v) is 9.18. The van der Waals surface area contributed by atoms with Gasteiger partial charge >= 0.3 is 5.97 Å². The predicted octanol–water partition coefficient (Wildman–Crippen LogP) is 3.69. The van der Waals surface area contributed by atoms with Crippen LogP contribution in [-0.2, 0) is 10.2 Å². The van der Waals surface area contributed by atoms with Crippen LogP contribution in [0.25, 0.3) is 0 Å². The average Bonchev–Trinajstić information content (AvgIpc) is 2.90. The molecule has 3 heterocycles. The zero-order valence-electron chi connectivity index (χ0n) is 14.0. The van der Waals surface area contributed by atoms with Crippen molar-refractivity contribution >= 4 is 40.8 Å². The molecule has 2 aromatic heterocycles. The fourth-order valence-corrected chi connectivity index (χ4v) is 4.13. The summed E-state index contributed by atoms with van der Waals surface area (Å²) < 4.78 is 5.88. The number of fused-ring (bicyclic) bond motifs is 2. The minimum absolute atomic E-state index is 0.0693. The Labute approximate surface area is 164 Å². The zero-order valence-corrected chi connectivity index (χ0v) is 15.5. The van der Waals surface area contributed by atoms with Gasteiger partial charge in [-0.1, -0.05) is 23.2 Å². The lowest BCUT2D eigenvalue weighted by Crippen LogP contribution is -2.41. The van der Waals surface area contributed by atoms with Crippen LogP contribution in [0.1, 0.15) is 41.9 Å². The summed E-state index contributed by atoms with van der Waals surface area (Å²) in [5, 5.41) is 12.8. The first kappa shape index (κ1) is 18.0. The van der Waals surface area contributed by atoms with Crippen molar-refractivity contribution in [3.63, 3.8) is 0 Å². The maximum absolute atomic E-state index is 12.7. The number of aromatic nitrogens is 2. The fourth-order valence-electron chi connectivity index (χ4n) is 3.71. The standard InChI is InChI=1S/C18H15Cl2N3O4/c19-9-7-11(20)15(21-8-9)27-10-3-5-18(6-4-10)14-12(23-17(18)26)1-2-13(22-14)16(24)25/h1-2,7-8,10H,3-6H2,(H,23,26)(H,24,25)/t10-,18+. The van der Waals surface area contributed by atoms with Crippen LogP contribution in [-0.4, -0.2) is 33.1 Å². The summed E-state index contributed by atoms with van der Waals surface area (Å²) in [6.07, 6.45) is 3.49. The van der Waals surface area contributed by atoms with Crippen LogP contribution in [0.5, 0.6) is 5.88 Å². The van der Waals surface area contributed by atoms with E-state index in [2.05, 4.69) is 15.3 Å². The summed E-state index contributed by atoms with van der Waals surface area (Å²) in [5.74, 6) is -0.953. The molecule has 0 atom stereocenters. The van der Waals surface area contributed by atoms with Gasteiger partial charge in [-0.25, -0.2) is 14.8 Å². The predicted molar refractivity (Wildman–Crippen MR) is 98.6 cm³/mol. The Morgan fingerprint density at radius 1 is 1.30 bits per heavy atom. The Bertz CT molecular complexity index is 942. The summed E-state index contributed by atoms with van der Waals surface area (Å²) in [5.41, 5.74) is 0.193. The lowest BCUT2D eigenvalue weighted by molar-refractivity contribution is -0.122. The topological polar surface area (TPSA) is 101 Å². The van der Waals surface area contributed by atoms with Crippen LogP contribution in [0.4, 0.5) is 5.69 Å². The number of hydrogen-bond donors (Lipinski definition) is 2. The minimum atomic E-state index is -1.12. The van der Waals surface area contributed by atoms with E-state index in [9.17, 15) is 14.7 Å². The van der Waals surface area contributed by atoms with E-state index in [0.29, 0.717) is 53.0 Å². The molecule has 2 aromatic rings. The van der Waals surface area contributed by atoms with E-state index >= 15 is 0 Å². The van der Waals surface area contributed by atoms with Crippen LogP contribution in [0, 0.1) is 0 Å². The molecule has 4 rings (SSSR count). The minimum Gasteiger partial charge on any atom is -0.477 e. The molecule has 27 heavy (non-hydrogen) atoms. The third-order valence-electron chi connectivity index (χ3n) is 5.09. The maximum atomic E-state index is 12.7. The lowest BCUT2D eigenvalue weighted by atomic mass is 9.71. The highest BCUT2D eigenvalue weighted by molar-refractivity contribution is 6.35. The summed E-state index contributed by atoms with van der Waals surface area (Å²) in [6.45, 7) is 0. The SMILES string of the molecule is O=C(O)c1ccc2c(n1)[C@]1(CC[C@H](Oc3ncc(Cl)cc3Cl)CC1)C(=O)N2. The zero-order chi connectivity index (χ0) is 19.2. The van der Waals surface area contributed by atoms with Crippen molar-refractivity contribution in [3.8, 4) is 5.88 Å². The number of aromatic carboxylic acids is 1. The Morgan fingerprint density at radius 2 is 2.04 bits per heavy atom. The number of carboxylic acid groups (broad SMARTS) is 1. The first-order valence-electron chi connectivity index (χ1n) is 8.43. The largest absolute Gasteiger partial charge is 0.477 e. The maximum Gasteiger partial charge on any atom is 0.354 e. The highest BCUT2D eigenvalue weighted by Gasteiger charge is 2.50. The van der Waals surface area contributed by atoms with Gasteiger partial charge < -0.3 is 15.2 Å². The van der Waals surface area contributed by atoms with Crippen LogP contribution in [0.3, 0.4) is 0 Å². The van der Waals surface area contributed by atoms with E-state index in [1.165, 1.54) is 12.3 Å². The highest BCUT2D eigenvalue weighted by Crippen LogP contribution is 2.47. The molecule has 0 bridgehead atoms. The molecular weight excluding hydrogens is 393 g/mol. The number of amides is 1. The monoisotopic (exact) mass is 407 g/mol. The van der Waals surface area contributed by atoms with Crippen LogP contribution in [0.2, 0.25) is 10.0 Å². The quantitative estimate of drug-likeness (QED) is 0.803. The lowest BCUT2D eigenvalue weighted by Gasteiger charge is -2.34. The number of carbonyl (C=O) groups is 2. The molecule has 1 saturated carbocycles. The van der Waals surface area contributed by atoms with Gasteiger partial charge in [0.2, 0.25) is 11.8 Å². The molecule has 9 heteroatoms. The van der Waals surface area contributed by atoms with Gasteiger partial charge in [-0.2, -0.15) is 0 Å². The van der Waals surface area contributed by atoms with Gasteiger partial charge in [-0.05, 0) is 43.9 Å². The molecule has 2 aliphatic rings. The Balaban J connectivity index is 1.54. The van der Waals surface area contributed by atoms with Gasteiger partial charge in [0.25, 0.3) is 0 Å². The molecule has 1 amide bonds. The molecule has 0 aromatic carbocycles. The first-order chi connectivity index (χ1) is 12.9. The number of rotatable bonds is 3. The van der Waals surface area contributed by atoms with Gasteiger partial charge in [0.1, 0.15) is 16.8 Å². The number of halogens is 2. The van der Waals surface area contributed by atoms with E-state index in [-0.39, 0.29) is 17.7 Å². The number of nitrogens with zero attached hydrogens (tertiary/aromatic N) is 2. The molecule has 1 aliphatic carbocycles. The van der Waals surface area contributed by atoms with Gasteiger partial charge in [-0.15, -0.1) is 0 Å². The van der Waals surface area contributed by atoms with E-state index in [1.54, 1.807) is 12.1 Å². The molecule has 1 aliphatic heterocycles. The number of carboxylic acids is 1. The molecule has 0 unspecified atom stereocenters. The molecule has 1 spiro atoms. The third kappa shape index (κ3) is 3.11. The number of anilines is 1. The highest BCUT2D eigenvalue weighted by atomic mass is 35.5. The van der Waals surface area contributed by atoms with Crippen molar-refractivity contribution in [1.82, 2.24) is 9.97 Å². The summed E-state index contributed by atoms with van der Waals surface area (Å²) in [4.78, 5) is 32.2. The van der Waals surface area contributed by atoms with E-state index in [4.69, 9.17) is 27.9 Å². The number of pyridine rings is 2. The Hall–Kier alpha value is -2.38. The number of carbonyl (C=O) groups excluding carboxylic acids is 1. The van der Waals surface area contributed by atoms with Crippen LogP contribution < -0.4 is 10.1 Å². The molecule has 0 saturated heterocycles. The van der Waals surface area contributed by atoms with Crippen molar-refractivity contribution in [3.05, 3.63) is 45.8 Å². The summed E-state index contributed by atoms with van der Waals surface area (Å²) in [6, 6.07) is 4.55. The van der Waals surface area contributed by atoms with Crippen molar-refractivity contribution in [1.29, 1.82) is 0 Å². The average molecular weight is 408 g/mol. The molecule has 0 radical (unpaired) electrons. The normalized spacial score (nSPS) is 23.8. The molecular formula is C18H15Cl2N3O4. The molecule has 7 nitrogen and oxygen atoms in total. The second kappa shape index (κ2) is 6.65. The van der Waals surface area contributed by atoms with Crippen molar-refractivity contribution in [2.45, 2.75) is 37.2 Å². The fraction of sp³-hybridized carbons (Fsp3) is 0.333. The second-order valence-electron chi connectivity index (χ2n) is 6.69. The summed E-state index contributed by atoms with van der Waals surface area (Å²) >= 11 is 11.9. The van der Waals surface area contributed by atoms with E-state index in [0.717, 1.165) is 0 Å². The van der Waals surface area contributed by atoms with Crippen LogP contribution in [0.15, 0.2) is 24.4 Å². The van der Waals surface area contributed by atoms with Crippen molar-refractivity contribution in [2.75, 3.05) is 5.32 Å². The van der Waals surface area contributed by atoms with Crippen molar-refractivity contribution < 1.29 is 19.4 Å². The van der Waals surface area contributed by atoms with Gasteiger partial charge in [-0.3, -0.25) is 4.79 Å². The Kier molecular flexibility index (Phi) is 4.44. The molecule has 1 fully saturated rings. The number of hydrogen-bond acceptors (Lipinski definition) is 5. The molecule has 2 N–H and O–H groups in total. The number of ether oxygens (including phenoxy) is 1. The number of nitrogens with one attached hydrogen (secondary N) is 1. The third-order valence-corrected chi connectivity index (χ3v) is 5.57. The second-order valence-corrected chi connectivity index (χ2v) is 7.54. The van der Waals surface area contributed by atoms with E-state index < -0.39 is 11.4 Å². The molecule has 140 valence electrons. The van der Waals surface area contributed by atoms with Gasteiger partial charge in [0.05, 0.1) is 21.8 Å².